The summed E-state index contributed by atoms with van der Waals surface area (Å²) in [6.45, 7) is 8.93. The number of β-amino-alcohol motifs (C(OH)–C–C–N with tert-alkyl or cyclic N) is 1. The molecule has 1 aromatic carbocycles. The van der Waals surface area contributed by atoms with Gasteiger partial charge in [-0.3, -0.25) is 0 Å². The molecule has 2 rings (SSSR count). The zero-order valence-electron chi connectivity index (χ0n) is 12.8. The fourth-order valence-electron chi connectivity index (χ4n) is 2.80. The lowest BCUT2D eigenvalue weighted by Crippen LogP contribution is -2.40. The summed E-state index contributed by atoms with van der Waals surface area (Å²) in [5, 5.41) is 13.4. The Hall–Kier alpha value is -0.900. The molecule has 0 saturated heterocycles. The Bertz CT molecular complexity index is 379. The molecule has 1 heterocycles. The van der Waals surface area contributed by atoms with Crippen molar-refractivity contribution < 1.29 is 5.11 Å². The van der Waals surface area contributed by atoms with E-state index in [2.05, 4.69) is 48.3 Å². The van der Waals surface area contributed by atoms with Crippen LogP contribution in [0.25, 0.3) is 0 Å². The fourth-order valence-corrected chi connectivity index (χ4v) is 2.80. The van der Waals surface area contributed by atoms with Crippen molar-refractivity contribution in [2.24, 2.45) is 5.92 Å². The zero-order valence-corrected chi connectivity index (χ0v) is 12.8. The summed E-state index contributed by atoms with van der Waals surface area (Å²) in [4.78, 5) is 2.39. The van der Waals surface area contributed by atoms with Crippen LogP contribution in [-0.2, 0) is 12.8 Å². The third kappa shape index (κ3) is 4.89. The van der Waals surface area contributed by atoms with E-state index in [1.165, 1.54) is 11.1 Å². The van der Waals surface area contributed by atoms with E-state index >= 15 is 0 Å². The normalized spacial score (nSPS) is 17.8. The lowest BCUT2D eigenvalue weighted by atomic mass is 10.0. The van der Waals surface area contributed by atoms with Gasteiger partial charge in [0.1, 0.15) is 0 Å². The van der Waals surface area contributed by atoms with Crippen LogP contribution in [0.3, 0.4) is 0 Å². The summed E-state index contributed by atoms with van der Waals surface area (Å²) >= 11 is 0. The average molecular weight is 276 g/mol. The van der Waals surface area contributed by atoms with Crippen LogP contribution < -0.4 is 5.32 Å². The van der Waals surface area contributed by atoms with Crippen LogP contribution >= 0.6 is 0 Å². The first-order chi connectivity index (χ1) is 9.65. The highest BCUT2D eigenvalue weighted by molar-refractivity contribution is 5.28. The number of benzene rings is 1. The molecule has 0 spiro atoms. The molecule has 0 aliphatic carbocycles. The van der Waals surface area contributed by atoms with Gasteiger partial charge in [0.2, 0.25) is 0 Å². The van der Waals surface area contributed by atoms with E-state index in [9.17, 15) is 5.11 Å². The summed E-state index contributed by atoms with van der Waals surface area (Å²) in [6, 6.07) is 8.72. The second kappa shape index (κ2) is 7.77. The molecule has 0 aromatic heterocycles. The summed E-state index contributed by atoms with van der Waals surface area (Å²) in [6.07, 6.45) is 1.93. The molecule has 0 bridgehead atoms. The minimum absolute atomic E-state index is 0.269. The van der Waals surface area contributed by atoms with Gasteiger partial charge in [-0.25, -0.2) is 0 Å². The highest BCUT2D eigenvalue weighted by atomic mass is 16.3. The molecule has 1 atom stereocenters. The Morgan fingerprint density at radius 3 is 2.25 bits per heavy atom. The van der Waals surface area contributed by atoms with E-state index in [0.29, 0.717) is 12.5 Å². The standard InChI is InChI=1S/C17H28N2O/c1-14(2)11-18-12-17(20)13-19-9-7-15-5-3-4-6-16(15)8-10-19/h3-6,14,17-18,20H,7-13H2,1-2H3. The minimum atomic E-state index is -0.269. The van der Waals surface area contributed by atoms with Gasteiger partial charge in [-0.05, 0) is 36.4 Å². The number of fused-ring (bicyclic) bond motifs is 1. The maximum absolute atomic E-state index is 10.1. The number of hydrogen-bond acceptors (Lipinski definition) is 3. The Balaban J connectivity index is 1.75. The van der Waals surface area contributed by atoms with E-state index in [1.54, 1.807) is 0 Å². The fraction of sp³-hybridized carbons (Fsp3) is 0.647. The van der Waals surface area contributed by atoms with Gasteiger partial charge >= 0.3 is 0 Å². The molecule has 3 nitrogen and oxygen atoms in total. The molecule has 20 heavy (non-hydrogen) atoms. The van der Waals surface area contributed by atoms with Crippen molar-refractivity contribution >= 4 is 0 Å². The molecule has 0 amide bonds. The third-order valence-corrected chi connectivity index (χ3v) is 3.91. The van der Waals surface area contributed by atoms with Crippen LogP contribution in [0.5, 0.6) is 0 Å². The molecule has 1 unspecified atom stereocenters. The Labute approximate surface area is 123 Å². The molecule has 3 heteroatoms. The number of nitrogens with one attached hydrogen (secondary N) is 1. The topological polar surface area (TPSA) is 35.5 Å². The van der Waals surface area contributed by atoms with Gasteiger partial charge in [-0.2, -0.15) is 0 Å². The second-order valence-electron chi connectivity index (χ2n) is 6.28. The van der Waals surface area contributed by atoms with Crippen LogP contribution in [0, 0.1) is 5.92 Å². The number of aliphatic hydroxyl groups excluding tert-OH is 1. The number of nitrogens with zero attached hydrogens (tertiary/aromatic N) is 1. The second-order valence-corrected chi connectivity index (χ2v) is 6.28. The Morgan fingerprint density at radius 2 is 1.70 bits per heavy atom. The molecular formula is C17H28N2O. The Morgan fingerprint density at radius 1 is 1.10 bits per heavy atom. The smallest absolute Gasteiger partial charge is 0.0791 e. The lowest BCUT2D eigenvalue weighted by Gasteiger charge is -2.23. The summed E-state index contributed by atoms with van der Waals surface area (Å²) in [5.74, 6) is 0.634. The first-order valence-corrected chi connectivity index (χ1v) is 7.83. The highest BCUT2D eigenvalue weighted by Crippen LogP contribution is 2.15. The first-order valence-electron chi connectivity index (χ1n) is 7.83. The van der Waals surface area contributed by atoms with Gasteiger partial charge in [0, 0.05) is 26.2 Å². The molecule has 1 aliphatic heterocycles. The molecule has 0 radical (unpaired) electrons. The largest absolute Gasteiger partial charge is 0.390 e. The predicted molar refractivity (Wildman–Crippen MR) is 84.0 cm³/mol. The monoisotopic (exact) mass is 276 g/mol. The van der Waals surface area contributed by atoms with Crippen LogP contribution in [0.15, 0.2) is 24.3 Å². The maximum atomic E-state index is 10.1. The lowest BCUT2D eigenvalue weighted by molar-refractivity contribution is 0.113. The van der Waals surface area contributed by atoms with Gasteiger partial charge in [0.15, 0.2) is 0 Å². The van der Waals surface area contributed by atoms with Crippen molar-refractivity contribution in [1.29, 1.82) is 0 Å². The Kier molecular flexibility index (Phi) is 6.02. The van der Waals surface area contributed by atoms with Gasteiger partial charge in [-0.1, -0.05) is 38.1 Å². The van der Waals surface area contributed by atoms with Crippen LogP contribution in [-0.4, -0.2) is 48.8 Å². The van der Waals surface area contributed by atoms with Crippen molar-refractivity contribution in [3.63, 3.8) is 0 Å². The van der Waals surface area contributed by atoms with Crippen molar-refractivity contribution in [3.8, 4) is 0 Å². The number of hydrogen-bond donors (Lipinski definition) is 2. The quantitative estimate of drug-likeness (QED) is 0.830. The van der Waals surface area contributed by atoms with Gasteiger partial charge in [0.25, 0.3) is 0 Å². The average Bonchev–Trinajstić information content (AvgIpc) is 2.61. The SMILES string of the molecule is CC(C)CNCC(O)CN1CCc2ccccc2CC1. The maximum Gasteiger partial charge on any atom is 0.0791 e. The minimum Gasteiger partial charge on any atom is -0.390 e. The van der Waals surface area contributed by atoms with E-state index in [0.717, 1.165) is 39.0 Å². The summed E-state index contributed by atoms with van der Waals surface area (Å²) in [7, 11) is 0. The predicted octanol–water partition coefficient (Wildman–Crippen LogP) is 1.69. The van der Waals surface area contributed by atoms with Crippen molar-refractivity contribution in [2.75, 3.05) is 32.7 Å². The van der Waals surface area contributed by atoms with Crippen LogP contribution in [0.2, 0.25) is 0 Å². The molecule has 112 valence electrons. The third-order valence-electron chi connectivity index (χ3n) is 3.91. The first kappa shape index (κ1) is 15.5. The molecular weight excluding hydrogens is 248 g/mol. The molecule has 1 aromatic rings. The van der Waals surface area contributed by atoms with Crippen LogP contribution in [0.1, 0.15) is 25.0 Å². The van der Waals surface area contributed by atoms with Gasteiger partial charge in [-0.15, -0.1) is 0 Å². The van der Waals surface area contributed by atoms with E-state index in [-0.39, 0.29) is 6.10 Å². The molecule has 0 fully saturated rings. The van der Waals surface area contributed by atoms with Crippen LogP contribution in [0.4, 0.5) is 0 Å². The van der Waals surface area contributed by atoms with E-state index in [1.807, 2.05) is 0 Å². The number of aliphatic hydroxyl groups is 1. The van der Waals surface area contributed by atoms with Crippen molar-refractivity contribution in [3.05, 3.63) is 35.4 Å². The summed E-state index contributed by atoms with van der Waals surface area (Å²) < 4.78 is 0. The highest BCUT2D eigenvalue weighted by Gasteiger charge is 2.16. The van der Waals surface area contributed by atoms with Gasteiger partial charge in [0.05, 0.1) is 6.10 Å². The molecule has 1 aliphatic rings. The molecule has 0 saturated carbocycles. The van der Waals surface area contributed by atoms with E-state index in [4.69, 9.17) is 0 Å². The summed E-state index contributed by atoms with van der Waals surface area (Å²) in [5.41, 5.74) is 2.95. The zero-order chi connectivity index (χ0) is 14.4. The van der Waals surface area contributed by atoms with Gasteiger partial charge < -0.3 is 15.3 Å². The van der Waals surface area contributed by atoms with Crippen molar-refractivity contribution in [1.82, 2.24) is 10.2 Å². The number of rotatable bonds is 6. The van der Waals surface area contributed by atoms with E-state index < -0.39 is 0 Å². The molecule has 2 N–H and O–H groups in total. The van der Waals surface area contributed by atoms with Crippen molar-refractivity contribution in [2.45, 2.75) is 32.8 Å².